The van der Waals surface area contributed by atoms with Crippen LogP contribution in [0.4, 0.5) is 5.69 Å². The van der Waals surface area contributed by atoms with Crippen molar-refractivity contribution < 1.29 is 18.0 Å². The predicted octanol–water partition coefficient (Wildman–Crippen LogP) is 2.63. The van der Waals surface area contributed by atoms with E-state index in [1.165, 1.54) is 29.9 Å². The number of thiophene rings is 1. The maximum Gasteiger partial charge on any atom is 0.251 e. The molecule has 9 heteroatoms. The van der Waals surface area contributed by atoms with Gasteiger partial charge in [-0.1, -0.05) is 13.0 Å². The normalized spacial score (nSPS) is 22.4. The fraction of sp³-hybridized carbons (Fsp3) is 0.429. The van der Waals surface area contributed by atoms with Crippen LogP contribution in [0.5, 0.6) is 0 Å². The van der Waals surface area contributed by atoms with Gasteiger partial charge in [0, 0.05) is 17.0 Å². The van der Waals surface area contributed by atoms with Crippen molar-refractivity contribution in [2.75, 3.05) is 29.7 Å². The fourth-order valence-electron chi connectivity index (χ4n) is 4.07. The summed E-state index contributed by atoms with van der Waals surface area (Å²) in [4.78, 5) is 28.5. The van der Waals surface area contributed by atoms with E-state index < -0.39 is 21.8 Å². The number of benzene rings is 1. The zero-order valence-electron chi connectivity index (χ0n) is 16.8. The number of hydrogen-bond acceptors (Lipinski definition) is 6. The molecule has 1 N–H and O–H groups in total. The molecule has 2 unspecified atom stereocenters. The quantitative estimate of drug-likeness (QED) is 0.736. The van der Waals surface area contributed by atoms with Gasteiger partial charge in [-0.15, -0.1) is 11.3 Å². The third-order valence-corrected chi connectivity index (χ3v) is 8.48. The number of carbonyl (C=O) groups excluding carboxylic acids is 2. The molecule has 0 spiro atoms. The summed E-state index contributed by atoms with van der Waals surface area (Å²) in [5, 5.41) is 5.06. The summed E-state index contributed by atoms with van der Waals surface area (Å²) in [7, 11) is -3.65. The second kappa shape index (κ2) is 8.49. The second-order valence-corrected chi connectivity index (χ2v) is 10.7. The number of likely N-dealkylation sites (tertiary alicyclic amines) is 1. The first-order valence-electron chi connectivity index (χ1n) is 10.1. The first kappa shape index (κ1) is 21.0. The summed E-state index contributed by atoms with van der Waals surface area (Å²) in [6.45, 7) is 4.18. The highest BCUT2D eigenvalue weighted by molar-refractivity contribution is 7.94. The minimum absolute atomic E-state index is 0.157. The smallest absolute Gasteiger partial charge is 0.251 e. The molecular formula is C21H25N3O4S2. The Hall–Kier alpha value is -2.23. The number of sulfonamides is 1. The van der Waals surface area contributed by atoms with Crippen LogP contribution < -0.4 is 9.62 Å². The Morgan fingerprint density at radius 3 is 2.47 bits per heavy atom. The lowest BCUT2D eigenvalue weighted by molar-refractivity contribution is -0.119. The highest BCUT2D eigenvalue weighted by Gasteiger charge is 2.41. The van der Waals surface area contributed by atoms with E-state index in [0.717, 1.165) is 17.4 Å². The topological polar surface area (TPSA) is 86.8 Å². The molecule has 0 aliphatic carbocycles. The molecule has 1 aromatic carbocycles. The Kier molecular flexibility index (Phi) is 5.95. The Morgan fingerprint density at radius 2 is 1.90 bits per heavy atom. The van der Waals surface area contributed by atoms with Gasteiger partial charge in [0.1, 0.15) is 0 Å². The standard InChI is InChI=1S/C21H25N3O4S2/c1-15-14-30(27,28)24(21(15)26)17-8-6-16(7-9-17)20(25)22-13-18(19-5-4-12-29-19)23-10-2-3-11-23/h4-9,12,15,18H,2-3,10-11,13-14H2,1H3,(H,22,25). The third-order valence-electron chi connectivity index (χ3n) is 5.63. The number of carbonyl (C=O) groups is 2. The zero-order chi connectivity index (χ0) is 21.3. The van der Waals surface area contributed by atoms with Gasteiger partial charge in [-0.3, -0.25) is 14.5 Å². The van der Waals surface area contributed by atoms with Crippen LogP contribution >= 0.6 is 11.3 Å². The summed E-state index contributed by atoms with van der Waals surface area (Å²) in [5.41, 5.74) is 0.705. The zero-order valence-corrected chi connectivity index (χ0v) is 18.4. The van der Waals surface area contributed by atoms with Gasteiger partial charge in [0.25, 0.3) is 5.91 Å². The van der Waals surface area contributed by atoms with Crippen molar-refractivity contribution in [3.63, 3.8) is 0 Å². The van der Waals surface area contributed by atoms with E-state index in [1.807, 2.05) is 11.4 Å². The van der Waals surface area contributed by atoms with Crippen molar-refractivity contribution in [1.29, 1.82) is 0 Å². The lowest BCUT2D eigenvalue weighted by Crippen LogP contribution is -2.36. The average Bonchev–Trinajstić information content (AvgIpc) is 3.45. The van der Waals surface area contributed by atoms with Crippen molar-refractivity contribution in [1.82, 2.24) is 10.2 Å². The van der Waals surface area contributed by atoms with Gasteiger partial charge in [-0.25, -0.2) is 12.7 Å². The molecule has 7 nitrogen and oxygen atoms in total. The van der Waals surface area contributed by atoms with Crippen molar-refractivity contribution in [3.8, 4) is 0 Å². The molecule has 0 bridgehead atoms. The van der Waals surface area contributed by atoms with Gasteiger partial charge in [0.05, 0.1) is 23.4 Å². The van der Waals surface area contributed by atoms with Crippen LogP contribution in [0.3, 0.4) is 0 Å². The largest absolute Gasteiger partial charge is 0.350 e. The summed E-state index contributed by atoms with van der Waals surface area (Å²) >= 11 is 1.69. The molecule has 0 radical (unpaired) electrons. The summed E-state index contributed by atoms with van der Waals surface area (Å²) < 4.78 is 25.3. The van der Waals surface area contributed by atoms with Gasteiger partial charge in [-0.05, 0) is 61.6 Å². The highest BCUT2D eigenvalue weighted by Crippen LogP contribution is 2.29. The maximum atomic E-state index is 12.7. The van der Waals surface area contributed by atoms with Crippen LogP contribution in [0.15, 0.2) is 41.8 Å². The van der Waals surface area contributed by atoms with Gasteiger partial charge in [0.15, 0.2) is 0 Å². The van der Waals surface area contributed by atoms with E-state index in [0.29, 0.717) is 12.1 Å². The average molecular weight is 448 g/mol. The van der Waals surface area contributed by atoms with E-state index >= 15 is 0 Å². The molecule has 30 heavy (non-hydrogen) atoms. The molecule has 4 rings (SSSR count). The summed E-state index contributed by atoms with van der Waals surface area (Å²) in [6, 6.07) is 10.4. The number of amides is 2. The van der Waals surface area contributed by atoms with Crippen LogP contribution in [0.25, 0.3) is 0 Å². The molecule has 160 valence electrons. The molecule has 2 aliphatic heterocycles. The van der Waals surface area contributed by atoms with Gasteiger partial charge < -0.3 is 5.32 Å². The van der Waals surface area contributed by atoms with Gasteiger partial charge in [-0.2, -0.15) is 0 Å². The SMILES string of the molecule is CC1CS(=O)(=O)N(c2ccc(C(=O)NCC(c3cccs3)N3CCCC3)cc2)C1=O. The lowest BCUT2D eigenvalue weighted by atomic mass is 10.1. The Labute approximate surface area is 180 Å². The third kappa shape index (κ3) is 4.14. The fourth-order valence-corrected chi connectivity index (χ4v) is 6.75. The van der Waals surface area contributed by atoms with Gasteiger partial charge >= 0.3 is 0 Å². The predicted molar refractivity (Wildman–Crippen MR) is 117 cm³/mol. The van der Waals surface area contributed by atoms with Crippen molar-refractivity contribution in [3.05, 3.63) is 52.2 Å². The number of nitrogens with zero attached hydrogens (tertiary/aromatic N) is 2. The van der Waals surface area contributed by atoms with Gasteiger partial charge in [0.2, 0.25) is 15.9 Å². The first-order chi connectivity index (χ1) is 14.4. The molecule has 1 aromatic heterocycles. The molecule has 2 atom stereocenters. The van der Waals surface area contributed by atoms with Crippen molar-refractivity contribution in [2.45, 2.75) is 25.8 Å². The lowest BCUT2D eigenvalue weighted by Gasteiger charge is -2.27. The Bertz CT molecular complexity index is 1010. The molecule has 3 heterocycles. The first-order valence-corrected chi connectivity index (χ1v) is 12.6. The van der Waals surface area contributed by atoms with Crippen molar-refractivity contribution >= 4 is 38.9 Å². The van der Waals surface area contributed by atoms with Crippen molar-refractivity contribution in [2.24, 2.45) is 5.92 Å². The van der Waals surface area contributed by atoms with E-state index in [9.17, 15) is 18.0 Å². The van der Waals surface area contributed by atoms with Crippen LogP contribution in [-0.4, -0.2) is 50.5 Å². The highest BCUT2D eigenvalue weighted by atomic mass is 32.2. The van der Waals surface area contributed by atoms with E-state index in [-0.39, 0.29) is 23.4 Å². The molecule has 2 aliphatic rings. The number of anilines is 1. The van der Waals surface area contributed by atoms with Crippen LogP contribution in [0.2, 0.25) is 0 Å². The van der Waals surface area contributed by atoms with Crippen LogP contribution in [0, 0.1) is 5.92 Å². The minimum Gasteiger partial charge on any atom is -0.350 e. The van der Waals surface area contributed by atoms with E-state index in [4.69, 9.17) is 0 Å². The Morgan fingerprint density at radius 1 is 1.20 bits per heavy atom. The Balaban J connectivity index is 1.44. The number of nitrogens with one attached hydrogen (secondary N) is 1. The number of rotatable bonds is 6. The number of hydrogen-bond donors (Lipinski definition) is 1. The summed E-state index contributed by atoms with van der Waals surface area (Å²) in [6.07, 6.45) is 2.35. The summed E-state index contributed by atoms with van der Waals surface area (Å²) in [5.74, 6) is -1.39. The maximum absolute atomic E-state index is 12.7. The molecule has 0 saturated carbocycles. The molecule has 2 aromatic rings. The van der Waals surface area contributed by atoms with Crippen LogP contribution in [0.1, 0.15) is 41.0 Å². The van der Waals surface area contributed by atoms with Crippen LogP contribution in [-0.2, 0) is 14.8 Å². The molecule has 2 amide bonds. The molecule has 2 saturated heterocycles. The molecule has 2 fully saturated rings. The second-order valence-electron chi connectivity index (χ2n) is 7.81. The van der Waals surface area contributed by atoms with E-state index in [2.05, 4.69) is 16.3 Å². The monoisotopic (exact) mass is 447 g/mol. The molecular weight excluding hydrogens is 422 g/mol. The minimum atomic E-state index is -3.65. The van der Waals surface area contributed by atoms with E-state index in [1.54, 1.807) is 30.4 Å².